The summed E-state index contributed by atoms with van der Waals surface area (Å²) >= 11 is 0. The summed E-state index contributed by atoms with van der Waals surface area (Å²) in [7, 11) is 3.84. The summed E-state index contributed by atoms with van der Waals surface area (Å²) < 4.78 is 6.95. The molecule has 2 aromatic rings. The molecule has 0 saturated carbocycles. The summed E-state index contributed by atoms with van der Waals surface area (Å²) in [4.78, 5) is 6.46. The third-order valence-electron chi connectivity index (χ3n) is 3.16. The van der Waals surface area contributed by atoms with E-state index in [1.165, 1.54) is 0 Å². The zero-order valence-electron chi connectivity index (χ0n) is 13.6. The molecule has 0 aromatic carbocycles. The molecule has 2 rings (SSSR count). The van der Waals surface area contributed by atoms with E-state index in [1.54, 1.807) is 23.1 Å². The average molecular weight is 433 g/mol. The van der Waals surface area contributed by atoms with Crippen LogP contribution in [-0.2, 0) is 13.6 Å². The number of hydrogen-bond donors (Lipinski definition) is 2. The van der Waals surface area contributed by atoms with Crippen LogP contribution in [0.4, 0.5) is 0 Å². The van der Waals surface area contributed by atoms with E-state index in [2.05, 4.69) is 15.4 Å². The Balaban J connectivity index is 0.00000264. The van der Waals surface area contributed by atoms with Crippen LogP contribution in [0.5, 0.6) is 0 Å². The summed E-state index contributed by atoms with van der Waals surface area (Å²) in [5.41, 5.74) is 1.10. The van der Waals surface area contributed by atoms with Gasteiger partial charge in [-0.1, -0.05) is 0 Å². The van der Waals surface area contributed by atoms with Crippen molar-refractivity contribution in [3.63, 3.8) is 0 Å². The topological polar surface area (TPSA) is 78.8 Å². The standard InChI is InChI=1S/C15H23N5O2.HI/c1-4-16-15(17-9-13(21)14-6-5-7-22-14)19(2)10-12-8-18-20(3)11-12;/h5-8,11,13,21H,4,9-10H2,1-3H3,(H,16,17);1H. The number of halogens is 1. The van der Waals surface area contributed by atoms with Crippen molar-refractivity contribution in [1.82, 2.24) is 20.0 Å². The highest BCUT2D eigenvalue weighted by molar-refractivity contribution is 14.0. The summed E-state index contributed by atoms with van der Waals surface area (Å²) in [5.74, 6) is 1.26. The summed E-state index contributed by atoms with van der Waals surface area (Å²) in [6.45, 7) is 3.70. The molecule has 1 unspecified atom stereocenters. The molecule has 0 radical (unpaired) electrons. The van der Waals surface area contributed by atoms with Crippen LogP contribution >= 0.6 is 24.0 Å². The number of nitrogens with one attached hydrogen (secondary N) is 1. The fraction of sp³-hybridized carbons (Fsp3) is 0.467. The molecule has 0 aliphatic heterocycles. The van der Waals surface area contributed by atoms with Gasteiger partial charge < -0.3 is 19.7 Å². The smallest absolute Gasteiger partial charge is 0.194 e. The van der Waals surface area contributed by atoms with Crippen molar-refractivity contribution >= 4 is 29.9 Å². The van der Waals surface area contributed by atoms with Gasteiger partial charge in [0.25, 0.3) is 0 Å². The second-order valence-corrected chi connectivity index (χ2v) is 5.10. The molecule has 1 atom stereocenters. The van der Waals surface area contributed by atoms with Crippen LogP contribution in [0, 0.1) is 0 Å². The predicted molar refractivity (Wildman–Crippen MR) is 99.7 cm³/mol. The van der Waals surface area contributed by atoms with E-state index >= 15 is 0 Å². The Labute approximate surface area is 153 Å². The molecule has 23 heavy (non-hydrogen) atoms. The van der Waals surface area contributed by atoms with E-state index < -0.39 is 6.10 Å². The molecule has 0 amide bonds. The highest BCUT2D eigenvalue weighted by atomic mass is 127. The number of nitrogens with zero attached hydrogens (tertiary/aromatic N) is 4. The van der Waals surface area contributed by atoms with Crippen LogP contribution in [0.15, 0.2) is 40.2 Å². The van der Waals surface area contributed by atoms with Gasteiger partial charge in [-0.15, -0.1) is 24.0 Å². The van der Waals surface area contributed by atoms with E-state index in [1.807, 2.05) is 38.3 Å². The predicted octanol–water partition coefficient (Wildman–Crippen LogP) is 1.76. The number of aliphatic hydroxyl groups excluding tert-OH is 1. The lowest BCUT2D eigenvalue weighted by atomic mass is 10.3. The Kier molecular flexibility index (Phi) is 8.10. The third-order valence-corrected chi connectivity index (χ3v) is 3.16. The lowest BCUT2D eigenvalue weighted by Crippen LogP contribution is -2.38. The number of aryl methyl sites for hydroxylation is 1. The number of aromatic nitrogens is 2. The van der Waals surface area contributed by atoms with E-state index in [4.69, 9.17) is 4.42 Å². The molecule has 0 saturated heterocycles. The normalized spacial score (nSPS) is 12.6. The zero-order chi connectivity index (χ0) is 15.9. The van der Waals surface area contributed by atoms with Gasteiger partial charge in [-0.25, -0.2) is 4.99 Å². The van der Waals surface area contributed by atoms with Crippen molar-refractivity contribution in [2.45, 2.75) is 19.6 Å². The minimum Gasteiger partial charge on any atom is -0.467 e. The monoisotopic (exact) mass is 433 g/mol. The first-order valence-electron chi connectivity index (χ1n) is 7.28. The lowest BCUT2D eigenvalue weighted by molar-refractivity contribution is 0.158. The molecule has 0 aliphatic rings. The maximum atomic E-state index is 10.0. The van der Waals surface area contributed by atoms with E-state index in [9.17, 15) is 5.11 Å². The van der Waals surface area contributed by atoms with Crippen molar-refractivity contribution in [3.8, 4) is 0 Å². The fourth-order valence-electron chi connectivity index (χ4n) is 2.12. The molecular formula is C15H24IN5O2. The second-order valence-electron chi connectivity index (χ2n) is 5.10. The van der Waals surface area contributed by atoms with Gasteiger partial charge in [-0.05, 0) is 19.1 Å². The van der Waals surface area contributed by atoms with E-state index in [0.29, 0.717) is 12.3 Å². The average Bonchev–Trinajstić information content (AvgIpc) is 3.14. The lowest BCUT2D eigenvalue weighted by Gasteiger charge is -2.21. The van der Waals surface area contributed by atoms with E-state index in [-0.39, 0.29) is 30.5 Å². The Hall–Kier alpha value is -1.55. The van der Waals surface area contributed by atoms with Gasteiger partial charge >= 0.3 is 0 Å². The van der Waals surface area contributed by atoms with Gasteiger partial charge in [0, 0.05) is 38.9 Å². The Morgan fingerprint density at radius 2 is 2.35 bits per heavy atom. The highest BCUT2D eigenvalue weighted by Gasteiger charge is 2.12. The van der Waals surface area contributed by atoms with Crippen molar-refractivity contribution < 1.29 is 9.52 Å². The first-order valence-corrected chi connectivity index (χ1v) is 7.28. The van der Waals surface area contributed by atoms with Crippen LogP contribution in [0.2, 0.25) is 0 Å². The summed E-state index contributed by atoms with van der Waals surface area (Å²) in [6.07, 6.45) is 4.60. The molecule has 2 aromatic heterocycles. The Morgan fingerprint density at radius 3 is 2.91 bits per heavy atom. The van der Waals surface area contributed by atoms with Crippen molar-refractivity contribution in [2.75, 3.05) is 20.1 Å². The van der Waals surface area contributed by atoms with Crippen LogP contribution in [-0.4, -0.2) is 45.9 Å². The first kappa shape index (κ1) is 19.5. The van der Waals surface area contributed by atoms with Crippen molar-refractivity contribution in [1.29, 1.82) is 0 Å². The minimum atomic E-state index is -0.740. The highest BCUT2D eigenvalue weighted by Crippen LogP contribution is 2.13. The quantitative estimate of drug-likeness (QED) is 0.413. The summed E-state index contributed by atoms with van der Waals surface area (Å²) in [6, 6.07) is 3.49. The van der Waals surface area contributed by atoms with Gasteiger partial charge in [0.2, 0.25) is 0 Å². The molecule has 8 heteroatoms. The largest absolute Gasteiger partial charge is 0.467 e. The van der Waals surface area contributed by atoms with Crippen LogP contribution in [0.25, 0.3) is 0 Å². The Morgan fingerprint density at radius 1 is 1.57 bits per heavy atom. The van der Waals surface area contributed by atoms with Crippen LogP contribution in [0.1, 0.15) is 24.4 Å². The maximum Gasteiger partial charge on any atom is 0.194 e. The number of furan rings is 1. The molecular weight excluding hydrogens is 409 g/mol. The SMILES string of the molecule is CCNC(=NCC(O)c1ccco1)N(C)Cc1cnn(C)c1.I. The number of aliphatic hydroxyl groups is 1. The van der Waals surface area contributed by atoms with Crippen molar-refractivity contribution in [2.24, 2.45) is 12.0 Å². The number of guanidine groups is 1. The fourth-order valence-corrected chi connectivity index (χ4v) is 2.12. The van der Waals surface area contributed by atoms with Gasteiger partial charge in [-0.3, -0.25) is 4.68 Å². The van der Waals surface area contributed by atoms with Crippen LogP contribution in [0.3, 0.4) is 0 Å². The maximum absolute atomic E-state index is 10.0. The van der Waals surface area contributed by atoms with E-state index in [0.717, 1.165) is 18.1 Å². The molecule has 128 valence electrons. The molecule has 0 aliphatic carbocycles. The van der Waals surface area contributed by atoms with Gasteiger partial charge in [0.05, 0.1) is 19.0 Å². The number of hydrogen-bond acceptors (Lipinski definition) is 4. The van der Waals surface area contributed by atoms with Gasteiger partial charge in [0.15, 0.2) is 5.96 Å². The number of rotatable bonds is 6. The molecule has 0 bridgehead atoms. The molecule has 2 heterocycles. The molecule has 0 fully saturated rings. The molecule has 0 spiro atoms. The Bertz CT molecular complexity index is 597. The number of aliphatic imine (C=N–C) groups is 1. The molecule has 2 N–H and O–H groups in total. The van der Waals surface area contributed by atoms with Crippen LogP contribution < -0.4 is 5.32 Å². The van der Waals surface area contributed by atoms with Gasteiger partial charge in [-0.2, -0.15) is 5.10 Å². The third kappa shape index (κ3) is 5.87. The first-order chi connectivity index (χ1) is 10.6. The summed E-state index contributed by atoms with van der Waals surface area (Å²) in [5, 5.41) is 17.4. The van der Waals surface area contributed by atoms with Crippen molar-refractivity contribution in [3.05, 3.63) is 42.1 Å². The molecule has 7 nitrogen and oxygen atoms in total. The van der Waals surface area contributed by atoms with Gasteiger partial charge in [0.1, 0.15) is 11.9 Å². The minimum absolute atomic E-state index is 0. The second kappa shape index (κ2) is 9.56. The zero-order valence-corrected chi connectivity index (χ0v) is 16.0.